The Morgan fingerprint density at radius 1 is 1.40 bits per heavy atom. The number of aromatic nitrogens is 2. The zero-order valence-corrected chi connectivity index (χ0v) is 11.0. The number of phenolic OH excluding ortho intramolecular Hbond substituents is 1. The van der Waals surface area contributed by atoms with Crippen LogP contribution in [0, 0.1) is 10.1 Å². The standard InChI is InChI=1S/C10H10N4O5S/c1-13-10(4-5-11-13)20(18,19)12-8-6-7(14(16)17)2-3-9(8)15/h2-6,12,15H,1H3. The molecule has 0 fully saturated rings. The van der Waals surface area contributed by atoms with E-state index in [0.29, 0.717) is 0 Å². The summed E-state index contributed by atoms with van der Waals surface area (Å²) < 4.78 is 27.3. The van der Waals surface area contributed by atoms with Gasteiger partial charge in [-0.3, -0.25) is 19.5 Å². The molecule has 1 heterocycles. The van der Waals surface area contributed by atoms with Crippen molar-refractivity contribution in [1.29, 1.82) is 0 Å². The maximum absolute atomic E-state index is 12.1. The SMILES string of the molecule is Cn1nccc1S(=O)(=O)Nc1cc([N+](=O)[O-])ccc1O. The number of nitrogens with zero attached hydrogens (tertiary/aromatic N) is 3. The summed E-state index contributed by atoms with van der Waals surface area (Å²) in [4.78, 5) is 9.95. The third kappa shape index (κ3) is 2.54. The number of anilines is 1. The lowest BCUT2D eigenvalue weighted by Crippen LogP contribution is -2.16. The van der Waals surface area contributed by atoms with E-state index in [1.54, 1.807) is 0 Å². The van der Waals surface area contributed by atoms with Crippen LogP contribution < -0.4 is 4.72 Å². The van der Waals surface area contributed by atoms with Gasteiger partial charge < -0.3 is 5.11 Å². The Morgan fingerprint density at radius 2 is 2.10 bits per heavy atom. The Hall–Kier alpha value is -2.62. The minimum Gasteiger partial charge on any atom is -0.506 e. The first-order valence-electron chi connectivity index (χ1n) is 5.29. The van der Waals surface area contributed by atoms with Crippen molar-refractivity contribution >= 4 is 21.4 Å². The third-order valence-corrected chi connectivity index (χ3v) is 3.93. The van der Waals surface area contributed by atoms with Crippen LogP contribution in [0.5, 0.6) is 5.75 Å². The summed E-state index contributed by atoms with van der Waals surface area (Å²) in [6.07, 6.45) is 1.29. The summed E-state index contributed by atoms with van der Waals surface area (Å²) in [6, 6.07) is 4.30. The molecule has 1 aromatic carbocycles. The van der Waals surface area contributed by atoms with Crippen molar-refractivity contribution in [2.75, 3.05) is 4.72 Å². The number of benzene rings is 1. The van der Waals surface area contributed by atoms with Crippen molar-refractivity contribution in [2.24, 2.45) is 7.05 Å². The van der Waals surface area contributed by atoms with Crippen LogP contribution in [0.15, 0.2) is 35.5 Å². The normalized spacial score (nSPS) is 11.2. The fourth-order valence-corrected chi connectivity index (χ4v) is 2.73. The van der Waals surface area contributed by atoms with Gasteiger partial charge in [0.15, 0.2) is 5.03 Å². The molecule has 0 aliphatic rings. The Bertz CT molecular complexity index is 768. The number of hydrogen-bond donors (Lipinski definition) is 2. The van der Waals surface area contributed by atoms with Crippen LogP contribution >= 0.6 is 0 Å². The third-order valence-electron chi connectivity index (χ3n) is 2.49. The van der Waals surface area contributed by atoms with E-state index in [1.807, 2.05) is 0 Å². The first kappa shape index (κ1) is 13.8. The number of nitrogens with one attached hydrogen (secondary N) is 1. The van der Waals surface area contributed by atoms with Crippen LogP contribution in [0.25, 0.3) is 0 Å². The molecule has 0 unspecified atom stereocenters. The number of aromatic hydroxyl groups is 1. The monoisotopic (exact) mass is 298 g/mol. The van der Waals surface area contributed by atoms with Gasteiger partial charge in [0.25, 0.3) is 15.7 Å². The molecule has 0 radical (unpaired) electrons. The van der Waals surface area contributed by atoms with E-state index in [2.05, 4.69) is 9.82 Å². The van der Waals surface area contributed by atoms with Gasteiger partial charge in [-0.05, 0) is 12.1 Å². The number of rotatable bonds is 4. The molecular weight excluding hydrogens is 288 g/mol. The van der Waals surface area contributed by atoms with Gasteiger partial charge in [0, 0.05) is 19.2 Å². The molecule has 0 bridgehead atoms. The van der Waals surface area contributed by atoms with E-state index < -0.39 is 20.7 Å². The Kier molecular flexibility index (Phi) is 3.32. The van der Waals surface area contributed by atoms with Crippen LogP contribution in [0.4, 0.5) is 11.4 Å². The summed E-state index contributed by atoms with van der Waals surface area (Å²) >= 11 is 0. The first-order chi connectivity index (χ1) is 9.31. The highest BCUT2D eigenvalue weighted by atomic mass is 32.2. The maximum atomic E-state index is 12.1. The number of aryl methyl sites for hydroxylation is 1. The van der Waals surface area contributed by atoms with Crippen LogP contribution in [0.2, 0.25) is 0 Å². The second-order valence-electron chi connectivity index (χ2n) is 3.86. The molecule has 2 rings (SSSR count). The quantitative estimate of drug-likeness (QED) is 0.489. The number of phenols is 1. The Labute approximate surface area is 113 Å². The fourth-order valence-electron chi connectivity index (χ4n) is 1.54. The van der Waals surface area contributed by atoms with Crippen molar-refractivity contribution in [2.45, 2.75) is 5.03 Å². The van der Waals surface area contributed by atoms with E-state index >= 15 is 0 Å². The van der Waals surface area contributed by atoms with E-state index in [-0.39, 0.29) is 16.4 Å². The smallest absolute Gasteiger partial charge is 0.279 e. The number of sulfonamides is 1. The van der Waals surface area contributed by atoms with Crippen molar-refractivity contribution in [3.05, 3.63) is 40.6 Å². The summed E-state index contributed by atoms with van der Waals surface area (Å²) in [5.74, 6) is -0.415. The number of nitro groups is 1. The molecular formula is C10H10N4O5S. The fraction of sp³-hybridized carbons (Fsp3) is 0.100. The highest BCUT2D eigenvalue weighted by Gasteiger charge is 2.21. The average molecular weight is 298 g/mol. The zero-order valence-electron chi connectivity index (χ0n) is 10.2. The van der Waals surface area contributed by atoms with Crippen molar-refractivity contribution in [1.82, 2.24) is 9.78 Å². The van der Waals surface area contributed by atoms with Gasteiger partial charge in [0.05, 0.1) is 16.8 Å². The van der Waals surface area contributed by atoms with E-state index in [9.17, 15) is 23.6 Å². The largest absolute Gasteiger partial charge is 0.506 e. The second-order valence-corrected chi connectivity index (χ2v) is 5.49. The van der Waals surface area contributed by atoms with Crippen LogP contribution in [0.1, 0.15) is 0 Å². The first-order valence-corrected chi connectivity index (χ1v) is 6.78. The van der Waals surface area contributed by atoms with Crippen molar-refractivity contribution in [3.8, 4) is 5.75 Å². The van der Waals surface area contributed by atoms with Gasteiger partial charge in [-0.1, -0.05) is 0 Å². The molecule has 0 amide bonds. The van der Waals surface area contributed by atoms with Crippen LogP contribution in [-0.2, 0) is 17.1 Å². The summed E-state index contributed by atoms with van der Waals surface area (Å²) in [5.41, 5.74) is -0.620. The van der Waals surface area contributed by atoms with Crippen molar-refractivity contribution in [3.63, 3.8) is 0 Å². The molecule has 0 saturated carbocycles. The highest BCUT2D eigenvalue weighted by molar-refractivity contribution is 7.92. The lowest BCUT2D eigenvalue weighted by atomic mass is 10.2. The van der Waals surface area contributed by atoms with Gasteiger partial charge in [0.1, 0.15) is 5.75 Å². The molecule has 0 aliphatic carbocycles. The Morgan fingerprint density at radius 3 is 2.65 bits per heavy atom. The van der Waals surface area contributed by atoms with Gasteiger partial charge in [-0.15, -0.1) is 0 Å². The molecule has 0 saturated heterocycles. The molecule has 20 heavy (non-hydrogen) atoms. The minimum absolute atomic E-state index is 0.136. The van der Waals surface area contributed by atoms with Gasteiger partial charge in [-0.25, -0.2) is 0 Å². The van der Waals surface area contributed by atoms with Crippen LogP contribution in [-0.4, -0.2) is 28.2 Å². The summed E-state index contributed by atoms with van der Waals surface area (Å²) in [6.45, 7) is 0. The zero-order chi connectivity index (χ0) is 14.9. The maximum Gasteiger partial charge on any atom is 0.279 e. The molecule has 106 valence electrons. The van der Waals surface area contributed by atoms with Crippen LogP contribution in [0.3, 0.4) is 0 Å². The van der Waals surface area contributed by atoms with E-state index in [0.717, 1.165) is 22.9 Å². The molecule has 2 N–H and O–H groups in total. The summed E-state index contributed by atoms with van der Waals surface area (Å²) in [5, 5.41) is 23.8. The molecule has 0 atom stereocenters. The topological polar surface area (TPSA) is 127 Å². The molecule has 0 aliphatic heterocycles. The average Bonchev–Trinajstić information content (AvgIpc) is 2.78. The number of hydrogen-bond acceptors (Lipinski definition) is 6. The highest BCUT2D eigenvalue weighted by Crippen LogP contribution is 2.29. The lowest BCUT2D eigenvalue weighted by Gasteiger charge is -2.09. The minimum atomic E-state index is -4.00. The predicted octanol–water partition coefficient (Wildman–Crippen LogP) is 0.835. The molecule has 10 heteroatoms. The second kappa shape index (κ2) is 4.81. The summed E-state index contributed by atoms with van der Waals surface area (Å²) in [7, 11) is -2.57. The molecule has 2 aromatic rings. The lowest BCUT2D eigenvalue weighted by molar-refractivity contribution is -0.384. The molecule has 0 spiro atoms. The van der Waals surface area contributed by atoms with E-state index in [1.165, 1.54) is 19.3 Å². The van der Waals surface area contributed by atoms with Gasteiger partial charge in [-0.2, -0.15) is 13.5 Å². The van der Waals surface area contributed by atoms with Crippen molar-refractivity contribution < 1.29 is 18.4 Å². The molecule has 9 nitrogen and oxygen atoms in total. The molecule has 1 aromatic heterocycles. The number of non-ortho nitro benzene ring substituents is 1. The van der Waals surface area contributed by atoms with Gasteiger partial charge in [0.2, 0.25) is 0 Å². The predicted molar refractivity (Wildman–Crippen MR) is 68.8 cm³/mol. The Balaban J connectivity index is 2.42. The van der Waals surface area contributed by atoms with Gasteiger partial charge >= 0.3 is 0 Å². The van der Waals surface area contributed by atoms with E-state index in [4.69, 9.17) is 0 Å². The number of nitro benzene ring substituents is 1.